The van der Waals surface area contributed by atoms with Crippen LogP contribution in [0, 0.1) is 6.92 Å². The minimum atomic E-state index is 0. The summed E-state index contributed by atoms with van der Waals surface area (Å²) in [4.78, 5) is 21.3. The summed E-state index contributed by atoms with van der Waals surface area (Å²) in [5.41, 5.74) is 2.61. The molecule has 0 atom stereocenters. The molecule has 0 bridgehead atoms. The van der Waals surface area contributed by atoms with Crippen molar-refractivity contribution in [2.45, 2.75) is 45.6 Å². The highest BCUT2D eigenvalue weighted by molar-refractivity contribution is 14.0. The Morgan fingerprint density at radius 1 is 1.21 bits per heavy atom. The van der Waals surface area contributed by atoms with Crippen molar-refractivity contribution < 1.29 is 4.79 Å². The first-order valence-electron chi connectivity index (χ1n) is 10.3. The number of hydrogen-bond donors (Lipinski definition) is 2. The SMILES string of the molecule is CCNC(=NCCCC(=O)NC1CC1)N1CCN(c2cccc(C)c2)CC1.I. The highest BCUT2D eigenvalue weighted by Gasteiger charge is 2.23. The molecule has 2 aliphatic rings. The molecule has 0 aromatic heterocycles. The maximum atomic E-state index is 11.8. The van der Waals surface area contributed by atoms with Crippen LogP contribution in [-0.4, -0.2) is 62.1 Å². The standard InChI is InChI=1S/C21H33N5O.HI/c1-3-22-21(23-11-5-8-20(27)24-18-9-10-18)26-14-12-25(13-15-26)19-7-4-6-17(2)16-19;/h4,6-7,16,18H,3,5,8-15H2,1-2H3,(H,22,23)(H,24,27);1H. The minimum Gasteiger partial charge on any atom is -0.368 e. The van der Waals surface area contributed by atoms with Crippen LogP contribution in [-0.2, 0) is 4.79 Å². The van der Waals surface area contributed by atoms with E-state index in [-0.39, 0.29) is 29.9 Å². The third-order valence-corrected chi connectivity index (χ3v) is 5.05. The number of aryl methyl sites for hydroxylation is 1. The van der Waals surface area contributed by atoms with Crippen molar-refractivity contribution in [3.8, 4) is 0 Å². The summed E-state index contributed by atoms with van der Waals surface area (Å²) in [6.45, 7) is 9.71. The molecular weight excluding hydrogens is 465 g/mol. The largest absolute Gasteiger partial charge is 0.368 e. The van der Waals surface area contributed by atoms with Crippen LogP contribution in [0.5, 0.6) is 0 Å². The van der Waals surface area contributed by atoms with Crippen molar-refractivity contribution >= 4 is 41.5 Å². The van der Waals surface area contributed by atoms with E-state index in [2.05, 4.69) is 58.5 Å². The number of rotatable bonds is 7. The molecule has 1 saturated carbocycles. The van der Waals surface area contributed by atoms with Gasteiger partial charge in [-0.2, -0.15) is 0 Å². The molecule has 156 valence electrons. The molecule has 1 amide bonds. The zero-order valence-corrected chi connectivity index (χ0v) is 19.4. The number of amides is 1. The number of anilines is 1. The summed E-state index contributed by atoms with van der Waals surface area (Å²) < 4.78 is 0. The van der Waals surface area contributed by atoms with E-state index in [9.17, 15) is 4.79 Å². The molecule has 1 saturated heterocycles. The van der Waals surface area contributed by atoms with Gasteiger partial charge >= 0.3 is 0 Å². The fourth-order valence-corrected chi connectivity index (χ4v) is 3.38. The number of hydrogen-bond acceptors (Lipinski definition) is 3. The summed E-state index contributed by atoms with van der Waals surface area (Å²) in [5.74, 6) is 1.15. The van der Waals surface area contributed by atoms with Gasteiger partial charge in [-0.3, -0.25) is 9.79 Å². The van der Waals surface area contributed by atoms with E-state index in [4.69, 9.17) is 4.99 Å². The second kappa shape index (κ2) is 11.5. The fourth-order valence-electron chi connectivity index (χ4n) is 3.38. The zero-order chi connectivity index (χ0) is 19.1. The normalized spacial score (nSPS) is 17.1. The molecule has 1 aromatic rings. The van der Waals surface area contributed by atoms with Crippen molar-refractivity contribution in [1.29, 1.82) is 0 Å². The average molecular weight is 499 g/mol. The second-order valence-corrected chi connectivity index (χ2v) is 7.49. The van der Waals surface area contributed by atoms with Crippen LogP contribution >= 0.6 is 24.0 Å². The van der Waals surface area contributed by atoms with Crippen LogP contribution in [0.15, 0.2) is 29.3 Å². The number of carbonyl (C=O) groups is 1. The van der Waals surface area contributed by atoms with Gasteiger partial charge in [-0.15, -0.1) is 24.0 Å². The van der Waals surface area contributed by atoms with Gasteiger partial charge in [0.2, 0.25) is 5.91 Å². The van der Waals surface area contributed by atoms with Gasteiger partial charge in [0.05, 0.1) is 0 Å². The molecule has 3 rings (SSSR count). The third kappa shape index (κ3) is 7.14. The first-order valence-corrected chi connectivity index (χ1v) is 10.3. The summed E-state index contributed by atoms with van der Waals surface area (Å²) in [6.07, 6.45) is 3.66. The number of aliphatic imine (C=N–C) groups is 1. The minimum absolute atomic E-state index is 0. The Bertz CT molecular complexity index is 654. The van der Waals surface area contributed by atoms with Crippen molar-refractivity contribution in [1.82, 2.24) is 15.5 Å². The number of benzene rings is 1. The maximum Gasteiger partial charge on any atom is 0.220 e. The Hall–Kier alpha value is -1.51. The van der Waals surface area contributed by atoms with E-state index in [1.807, 2.05) is 0 Å². The molecule has 1 aliphatic carbocycles. The Balaban J connectivity index is 0.00000280. The first-order chi connectivity index (χ1) is 13.2. The number of guanidine groups is 1. The van der Waals surface area contributed by atoms with E-state index in [1.54, 1.807) is 0 Å². The summed E-state index contributed by atoms with van der Waals surface area (Å²) >= 11 is 0. The lowest BCUT2D eigenvalue weighted by molar-refractivity contribution is -0.121. The lowest BCUT2D eigenvalue weighted by atomic mass is 10.2. The highest BCUT2D eigenvalue weighted by atomic mass is 127. The molecule has 7 heteroatoms. The topological polar surface area (TPSA) is 60.0 Å². The molecular formula is C21H34IN5O. The predicted octanol–water partition coefficient (Wildman–Crippen LogP) is 2.76. The Labute approximate surface area is 186 Å². The first kappa shape index (κ1) is 22.8. The maximum absolute atomic E-state index is 11.8. The molecule has 2 fully saturated rings. The van der Waals surface area contributed by atoms with Gasteiger partial charge in [0.1, 0.15) is 0 Å². The molecule has 1 heterocycles. The molecule has 28 heavy (non-hydrogen) atoms. The molecule has 1 aliphatic heterocycles. The smallest absolute Gasteiger partial charge is 0.220 e. The van der Waals surface area contributed by atoms with Crippen LogP contribution < -0.4 is 15.5 Å². The van der Waals surface area contributed by atoms with Crippen LogP contribution in [0.2, 0.25) is 0 Å². The van der Waals surface area contributed by atoms with E-state index in [1.165, 1.54) is 11.3 Å². The molecule has 2 N–H and O–H groups in total. The Morgan fingerprint density at radius 3 is 2.61 bits per heavy atom. The quantitative estimate of drug-likeness (QED) is 0.262. The van der Waals surface area contributed by atoms with Gasteiger partial charge in [-0.25, -0.2) is 0 Å². The molecule has 0 spiro atoms. The number of halogens is 1. The van der Waals surface area contributed by atoms with Crippen molar-refractivity contribution in [3.05, 3.63) is 29.8 Å². The lowest BCUT2D eigenvalue weighted by Gasteiger charge is -2.37. The van der Waals surface area contributed by atoms with Gasteiger partial charge in [-0.05, 0) is 50.8 Å². The van der Waals surface area contributed by atoms with Crippen molar-refractivity contribution in [2.24, 2.45) is 4.99 Å². The summed E-state index contributed by atoms with van der Waals surface area (Å²) in [6, 6.07) is 9.15. The van der Waals surface area contributed by atoms with Crippen LogP contribution in [0.3, 0.4) is 0 Å². The molecule has 0 radical (unpaired) electrons. The molecule has 6 nitrogen and oxygen atoms in total. The van der Waals surface area contributed by atoms with Crippen LogP contribution in [0.1, 0.15) is 38.2 Å². The fraction of sp³-hybridized carbons (Fsp3) is 0.619. The average Bonchev–Trinajstić information content (AvgIpc) is 3.48. The Morgan fingerprint density at radius 2 is 1.96 bits per heavy atom. The van der Waals surface area contributed by atoms with E-state index in [0.717, 1.165) is 57.9 Å². The summed E-state index contributed by atoms with van der Waals surface area (Å²) in [7, 11) is 0. The van der Waals surface area contributed by atoms with E-state index >= 15 is 0 Å². The Kier molecular flexibility index (Phi) is 9.34. The predicted molar refractivity (Wildman–Crippen MR) is 127 cm³/mol. The number of nitrogens with one attached hydrogen (secondary N) is 2. The van der Waals surface area contributed by atoms with Crippen molar-refractivity contribution in [2.75, 3.05) is 44.2 Å². The van der Waals surface area contributed by atoms with Gasteiger partial charge in [0.25, 0.3) is 0 Å². The molecule has 0 unspecified atom stereocenters. The van der Waals surface area contributed by atoms with E-state index < -0.39 is 0 Å². The molecule has 1 aromatic carbocycles. The number of carbonyl (C=O) groups excluding carboxylic acids is 1. The summed E-state index contributed by atoms with van der Waals surface area (Å²) in [5, 5.41) is 6.44. The number of piperazine rings is 1. The highest BCUT2D eigenvalue weighted by Crippen LogP contribution is 2.19. The third-order valence-electron chi connectivity index (χ3n) is 5.05. The van der Waals surface area contributed by atoms with Crippen molar-refractivity contribution in [3.63, 3.8) is 0 Å². The zero-order valence-electron chi connectivity index (χ0n) is 17.1. The number of nitrogens with zero attached hydrogens (tertiary/aromatic N) is 3. The van der Waals surface area contributed by atoms with Gasteiger partial charge in [0.15, 0.2) is 5.96 Å². The van der Waals surface area contributed by atoms with Gasteiger partial charge < -0.3 is 20.4 Å². The van der Waals surface area contributed by atoms with Gasteiger partial charge in [0, 0.05) is 57.4 Å². The van der Waals surface area contributed by atoms with Gasteiger partial charge in [-0.1, -0.05) is 12.1 Å². The van der Waals surface area contributed by atoms with Crippen LogP contribution in [0.4, 0.5) is 5.69 Å². The monoisotopic (exact) mass is 499 g/mol. The van der Waals surface area contributed by atoms with E-state index in [0.29, 0.717) is 19.0 Å². The second-order valence-electron chi connectivity index (χ2n) is 7.49. The lowest BCUT2D eigenvalue weighted by Crippen LogP contribution is -2.52. The van der Waals surface area contributed by atoms with Crippen LogP contribution in [0.25, 0.3) is 0 Å².